The van der Waals surface area contributed by atoms with Crippen LogP contribution >= 0.6 is 0 Å². The van der Waals surface area contributed by atoms with Crippen molar-refractivity contribution in [2.75, 3.05) is 0 Å². The number of aliphatic carboxylic acids is 1. The van der Waals surface area contributed by atoms with Gasteiger partial charge in [-0.05, 0) is 49.9 Å². The minimum atomic E-state index is -0.717. The lowest BCUT2D eigenvalue weighted by molar-refractivity contribution is -0.147. The average Bonchev–Trinajstić information content (AvgIpc) is 2.23. The van der Waals surface area contributed by atoms with Gasteiger partial charge in [0.05, 0.1) is 5.41 Å². The van der Waals surface area contributed by atoms with E-state index in [0.717, 1.165) is 12.8 Å². The van der Waals surface area contributed by atoms with E-state index in [-0.39, 0.29) is 11.3 Å². The van der Waals surface area contributed by atoms with Crippen LogP contribution in [-0.2, 0) is 4.79 Å². The van der Waals surface area contributed by atoms with Crippen LogP contribution in [0.3, 0.4) is 0 Å². The second-order valence-electron chi connectivity index (χ2n) is 8.47. The van der Waals surface area contributed by atoms with E-state index >= 15 is 0 Å². The molecule has 0 aromatic rings. The first-order valence-electron chi connectivity index (χ1n) is 7.74. The van der Waals surface area contributed by atoms with Gasteiger partial charge in [0, 0.05) is 0 Å². The van der Waals surface area contributed by atoms with Crippen molar-refractivity contribution in [2.45, 2.75) is 74.7 Å². The summed E-state index contributed by atoms with van der Waals surface area (Å²) in [5.41, 5.74) is -0.158. The van der Waals surface area contributed by atoms with Gasteiger partial charge in [-0.1, -0.05) is 53.7 Å². The Hall–Kier alpha value is -0.790. The van der Waals surface area contributed by atoms with Gasteiger partial charge in [-0.3, -0.25) is 4.79 Å². The van der Waals surface area contributed by atoms with Gasteiger partial charge in [-0.2, -0.15) is 0 Å². The third-order valence-corrected chi connectivity index (χ3v) is 3.98. The Bertz CT molecular complexity index is 347. The maximum atomic E-state index is 11.2. The van der Waals surface area contributed by atoms with Gasteiger partial charge in [0.1, 0.15) is 0 Å². The molecule has 0 bridgehead atoms. The highest BCUT2D eigenvalue weighted by Crippen LogP contribution is 2.38. The lowest BCUT2D eigenvalue weighted by atomic mass is 9.72. The van der Waals surface area contributed by atoms with E-state index in [9.17, 15) is 9.90 Å². The van der Waals surface area contributed by atoms with E-state index in [0.29, 0.717) is 11.8 Å². The maximum absolute atomic E-state index is 11.2. The summed E-state index contributed by atoms with van der Waals surface area (Å²) in [4.78, 5) is 11.2. The molecule has 0 saturated heterocycles. The zero-order chi connectivity index (χ0) is 16.2. The SMILES string of the molecule is CCC(C)(/C=C\C(C)CC(C)(C)C(=O)O)CC(C)(C)C. The third-order valence-electron chi connectivity index (χ3n) is 3.98. The molecular formula is C18H34O2. The van der Waals surface area contributed by atoms with Gasteiger partial charge < -0.3 is 5.11 Å². The molecule has 0 aliphatic rings. The van der Waals surface area contributed by atoms with E-state index in [1.165, 1.54) is 0 Å². The lowest BCUT2D eigenvalue weighted by Gasteiger charge is -2.33. The summed E-state index contributed by atoms with van der Waals surface area (Å²) in [5.74, 6) is -0.433. The van der Waals surface area contributed by atoms with Crippen molar-refractivity contribution in [1.82, 2.24) is 0 Å². The van der Waals surface area contributed by atoms with E-state index < -0.39 is 11.4 Å². The Morgan fingerprint density at radius 3 is 2.00 bits per heavy atom. The summed E-state index contributed by atoms with van der Waals surface area (Å²) < 4.78 is 0. The summed E-state index contributed by atoms with van der Waals surface area (Å²) in [6.07, 6.45) is 7.44. The van der Waals surface area contributed by atoms with Crippen molar-refractivity contribution < 1.29 is 9.90 Å². The fraction of sp³-hybridized carbons (Fsp3) is 0.833. The fourth-order valence-corrected chi connectivity index (χ4v) is 2.87. The molecule has 0 aliphatic carbocycles. The standard InChI is InChI=1S/C18H34O2/c1-9-18(8,13-16(3,4)5)11-10-14(2)12-17(6,7)15(19)20/h10-11,14H,9,12-13H2,1-8H3,(H,19,20)/b11-10-. The largest absolute Gasteiger partial charge is 0.481 e. The molecule has 0 aromatic carbocycles. The molecule has 2 nitrogen and oxygen atoms in total. The molecule has 0 aliphatic heterocycles. The zero-order valence-electron chi connectivity index (χ0n) is 14.7. The van der Waals surface area contributed by atoms with Crippen LogP contribution in [0.2, 0.25) is 0 Å². The predicted octanol–water partition coefficient (Wildman–Crippen LogP) is 5.53. The van der Waals surface area contributed by atoms with E-state index in [1.54, 1.807) is 13.8 Å². The number of carboxylic acids is 1. The van der Waals surface area contributed by atoms with Crippen molar-refractivity contribution in [3.05, 3.63) is 12.2 Å². The quantitative estimate of drug-likeness (QED) is 0.623. The van der Waals surface area contributed by atoms with Crippen molar-refractivity contribution in [3.63, 3.8) is 0 Å². The van der Waals surface area contributed by atoms with Crippen molar-refractivity contribution in [1.29, 1.82) is 0 Å². The highest BCUT2D eigenvalue weighted by Gasteiger charge is 2.29. The Kier molecular flexibility index (Phi) is 6.51. The van der Waals surface area contributed by atoms with Crippen LogP contribution in [0.1, 0.15) is 74.7 Å². The summed E-state index contributed by atoms with van der Waals surface area (Å²) >= 11 is 0. The molecule has 2 atom stereocenters. The monoisotopic (exact) mass is 282 g/mol. The lowest BCUT2D eigenvalue weighted by Crippen LogP contribution is -2.26. The number of carbonyl (C=O) groups is 1. The normalized spacial score (nSPS) is 18.0. The number of allylic oxidation sites excluding steroid dienone is 2. The molecule has 0 aromatic heterocycles. The Labute approximate surface area is 125 Å². The zero-order valence-corrected chi connectivity index (χ0v) is 14.7. The van der Waals surface area contributed by atoms with Crippen molar-refractivity contribution >= 4 is 5.97 Å². The molecule has 0 heterocycles. The molecule has 2 unspecified atom stereocenters. The number of hydrogen-bond donors (Lipinski definition) is 1. The third kappa shape index (κ3) is 7.12. The summed E-state index contributed by atoms with van der Waals surface area (Å²) in [5, 5.41) is 9.19. The van der Waals surface area contributed by atoms with Crippen molar-refractivity contribution in [2.24, 2.45) is 22.2 Å². The van der Waals surface area contributed by atoms with Crippen LogP contribution in [0.25, 0.3) is 0 Å². The minimum absolute atomic E-state index is 0.194. The van der Waals surface area contributed by atoms with Crippen LogP contribution in [0.5, 0.6) is 0 Å². The van der Waals surface area contributed by atoms with Crippen LogP contribution in [0, 0.1) is 22.2 Å². The van der Waals surface area contributed by atoms with Crippen LogP contribution < -0.4 is 0 Å². The van der Waals surface area contributed by atoms with E-state index in [1.807, 2.05) is 0 Å². The maximum Gasteiger partial charge on any atom is 0.309 e. The topological polar surface area (TPSA) is 37.3 Å². The molecule has 0 saturated carbocycles. The number of carboxylic acid groups (broad SMARTS) is 1. The molecule has 118 valence electrons. The molecule has 0 rings (SSSR count). The summed E-state index contributed by atoms with van der Waals surface area (Å²) in [6, 6.07) is 0. The molecule has 0 fully saturated rings. The van der Waals surface area contributed by atoms with Gasteiger partial charge in [0.15, 0.2) is 0 Å². The van der Waals surface area contributed by atoms with Gasteiger partial charge in [0.25, 0.3) is 0 Å². The van der Waals surface area contributed by atoms with Gasteiger partial charge in [-0.25, -0.2) is 0 Å². The molecule has 0 spiro atoms. The highest BCUT2D eigenvalue weighted by atomic mass is 16.4. The predicted molar refractivity (Wildman–Crippen MR) is 86.8 cm³/mol. The smallest absolute Gasteiger partial charge is 0.309 e. The first-order chi connectivity index (χ1) is 8.81. The Morgan fingerprint density at radius 1 is 1.15 bits per heavy atom. The molecule has 0 radical (unpaired) electrons. The van der Waals surface area contributed by atoms with Crippen LogP contribution in [0.4, 0.5) is 0 Å². The van der Waals surface area contributed by atoms with Gasteiger partial charge in [0.2, 0.25) is 0 Å². The highest BCUT2D eigenvalue weighted by molar-refractivity contribution is 5.73. The molecular weight excluding hydrogens is 248 g/mol. The minimum Gasteiger partial charge on any atom is -0.481 e. The molecule has 20 heavy (non-hydrogen) atoms. The first-order valence-corrected chi connectivity index (χ1v) is 7.74. The fourth-order valence-electron chi connectivity index (χ4n) is 2.87. The Morgan fingerprint density at radius 2 is 1.65 bits per heavy atom. The van der Waals surface area contributed by atoms with E-state index in [4.69, 9.17) is 0 Å². The van der Waals surface area contributed by atoms with Crippen molar-refractivity contribution in [3.8, 4) is 0 Å². The number of hydrogen-bond acceptors (Lipinski definition) is 1. The second-order valence-corrected chi connectivity index (χ2v) is 8.47. The van der Waals surface area contributed by atoms with Gasteiger partial charge >= 0.3 is 5.97 Å². The van der Waals surface area contributed by atoms with Crippen LogP contribution in [-0.4, -0.2) is 11.1 Å². The Balaban J connectivity index is 4.78. The number of rotatable bonds is 7. The first kappa shape index (κ1) is 19.2. The van der Waals surface area contributed by atoms with Gasteiger partial charge in [-0.15, -0.1) is 0 Å². The molecule has 0 amide bonds. The second kappa shape index (κ2) is 6.78. The molecule has 2 heteroatoms. The van der Waals surface area contributed by atoms with Crippen LogP contribution in [0.15, 0.2) is 12.2 Å². The average molecular weight is 282 g/mol. The molecule has 1 N–H and O–H groups in total. The summed E-state index contributed by atoms with van der Waals surface area (Å²) in [7, 11) is 0. The summed E-state index contributed by atoms with van der Waals surface area (Å²) in [6.45, 7) is 17.0. The van der Waals surface area contributed by atoms with E-state index in [2.05, 4.69) is 53.7 Å².